The van der Waals surface area contributed by atoms with Gasteiger partial charge < -0.3 is 19.2 Å². The number of rotatable bonds is 5. The van der Waals surface area contributed by atoms with Crippen LogP contribution in [-0.2, 0) is 16.0 Å². The molecule has 0 aliphatic carbocycles. The maximum Gasteiger partial charge on any atom is 0.337 e. The van der Waals surface area contributed by atoms with E-state index in [2.05, 4.69) is 10.1 Å². The average molecular weight is 339 g/mol. The van der Waals surface area contributed by atoms with Crippen molar-refractivity contribution in [1.29, 1.82) is 0 Å². The second kappa shape index (κ2) is 7.09. The summed E-state index contributed by atoms with van der Waals surface area (Å²) in [6.45, 7) is 0. The van der Waals surface area contributed by atoms with E-state index in [1.165, 1.54) is 7.11 Å². The smallest absolute Gasteiger partial charge is 0.337 e. The van der Waals surface area contributed by atoms with Crippen LogP contribution < -0.4 is 10.1 Å². The van der Waals surface area contributed by atoms with Crippen molar-refractivity contribution in [2.75, 3.05) is 19.5 Å². The number of furan rings is 1. The van der Waals surface area contributed by atoms with Gasteiger partial charge in [0.15, 0.2) is 0 Å². The van der Waals surface area contributed by atoms with Crippen molar-refractivity contribution in [1.82, 2.24) is 0 Å². The number of ether oxygens (including phenoxy) is 2. The van der Waals surface area contributed by atoms with Gasteiger partial charge in [0.05, 0.1) is 32.5 Å². The molecule has 128 valence electrons. The summed E-state index contributed by atoms with van der Waals surface area (Å²) in [5.74, 6) is 0.0991. The number of methoxy groups -OCH3 is 2. The third-order valence-electron chi connectivity index (χ3n) is 3.80. The van der Waals surface area contributed by atoms with Crippen molar-refractivity contribution < 1.29 is 23.5 Å². The Balaban J connectivity index is 1.71. The van der Waals surface area contributed by atoms with Crippen LogP contribution in [0.4, 0.5) is 5.69 Å². The van der Waals surface area contributed by atoms with E-state index in [4.69, 9.17) is 9.15 Å². The number of hydrogen-bond acceptors (Lipinski definition) is 5. The molecule has 2 aromatic carbocycles. The van der Waals surface area contributed by atoms with Gasteiger partial charge in [-0.25, -0.2) is 4.79 Å². The molecule has 1 heterocycles. The van der Waals surface area contributed by atoms with E-state index >= 15 is 0 Å². The van der Waals surface area contributed by atoms with Crippen molar-refractivity contribution in [3.63, 3.8) is 0 Å². The van der Waals surface area contributed by atoms with E-state index in [0.29, 0.717) is 22.6 Å². The number of nitrogens with one attached hydrogen (secondary N) is 1. The first-order chi connectivity index (χ1) is 12.1. The third-order valence-corrected chi connectivity index (χ3v) is 3.80. The van der Waals surface area contributed by atoms with Gasteiger partial charge in [-0.1, -0.05) is 0 Å². The van der Waals surface area contributed by atoms with Crippen molar-refractivity contribution in [2.24, 2.45) is 0 Å². The topological polar surface area (TPSA) is 77.8 Å². The van der Waals surface area contributed by atoms with Gasteiger partial charge in [0, 0.05) is 16.6 Å². The summed E-state index contributed by atoms with van der Waals surface area (Å²) in [5, 5.41) is 3.64. The predicted molar refractivity (Wildman–Crippen MR) is 92.9 cm³/mol. The standard InChI is InChI=1S/C19H17NO5/c1-23-15-7-8-17-16(10-15)13(11-25-17)9-18(21)20-14-5-3-12(4-6-14)19(22)24-2/h3-8,10-11H,9H2,1-2H3,(H,20,21). The molecule has 0 atom stereocenters. The lowest BCUT2D eigenvalue weighted by Crippen LogP contribution is -2.14. The first-order valence-electron chi connectivity index (χ1n) is 7.63. The van der Waals surface area contributed by atoms with E-state index in [9.17, 15) is 9.59 Å². The minimum Gasteiger partial charge on any atom is -0.497 e. The molecule has 6 nitrogen and oxygen atoms in total. The van der Waals surface area contributed by atoms with Crippen LogP contribution >= 0.6 is 0 Å². The number of esters is 1. The molecule has 0 saturated carbocycles. The van der Waals surface area contributed by atoms with Gasteiger partial charge in [-0.3, -0.25) is 4.79 Å². The molecule has 0 aliphatic heterocycles. The summed E-state index contributed by atoms with van der Waals surface area (Å²) in [4.78, 5) is 23.7. The normalized spacial score (nSPS) is 10.5. The molecule has 1 N–H and O–H groups in total. The Morgan fingerprint density at radius 1 is 1.08 bits per heavy atom. The maximum absolute atomic E-state index is 12.3. The lowest BCUT2D eigenvalue weighted by Gasteiger charge is -2.06. The first-order valence-corrected chi connectivity index (χ1v) is 7.63. The van der Waals surface area contributed by atoms with E-state index in [-0.39, 0.29) is 12.3 Å². The molecular formula is C19H17NO5. The van der Waals surface area contributed by atoms with Gasteiger partial charge in [0.2, 0.25) is 5.91 Å². The van der Waals surface area contributed by atoms with Gasteiger partial charge in [-0.05, 0) is 42.5 Å². The number of benzene rings is 2. The Labute approximate surface area is 144 Å². The summed E-state index contributed by atoms with van der Waals surface area (Å²) < 4.78 is 15.3. The maximum atomic E-state index is 12.3. The third kappa shape index (κ3) is 3.63. The molecular weight excluding hydrogens is 322 g/mol. The predicted octanol–water partition coefficient (Wildman–Crippen LogP) is 3.41. The molecule has 0 aliphatic rings. The highest BCUT2D eigenvalue weighted by Crippen LogP contribution is 2.26. The van der Waals surface area contributed by atoms with Crippen LogP contribution in [0.2, 0.25) is 0 Å². The summed E-state index contributed by atoms with van der Waals surface area (Å²) in [7, 11) is 2.91. The largest absolute Gasteiger partial charge is 0.497 e. The molecule has 25 heavy (non-hydrogen) atoms. The van der Waals surface area contributed by atoms with Crippen LogP contribution in [0.15, 0.2) is 53.1 Å². The van der Waals surface area contributed by atoms with E-state index in [1.807, 2.05) is 6.07 Å². The Hall–Kier alpha value is -3.28. The number of hydrogen-bond donors (Lipinski definition) is 1. The SMILES string of the molecule is COC(=O)c1ccc(NC(=O)Cc2coc3ccc(OC)cc23)cc1. The molecule has 0 fully saturated rings. The molecule has 0 spiro atoms. The van der Waals surface area contributed by atoms with Crippen LogP contribution in [0, 0.1) is 0 Å². The molecule has 0 bridgehead atoms. The lowest BCUT2D eigenvalue weighted by atomic mass is 10.1. The Morgan fingerprint density at radius 3 is 2.52 bits per heavy atom. The van der Waals surface area contributed by atoms with Crippen LogP contribution in [0.25, 0.3) is 11.0 Å². The Morgan fingerprint density at radius 2 is 1.84 bits per heavy atom. The van der Waals surface area contributed by atoms with Crippen molar-refractivity contribution >= 4 is 28.5 Å². The zero-order valence-corrected chi connectivity index (χ0v) is 13.9. The number of anilines is 1. The van der Waals surface area contributed by atoms with Crippen LogP contribution in [0.1, 0.15) is 15.9 Å². The summed E-state index contributed by atoms with van der Waals surface area (Å²) in [6, 6.07) is 12.0. The minimum absolute atomic E-state index is 0.166. The monoisotopic (exact) mass is 339 g/mol. The van der Waals surface area contributed by atoms with Crippen LogP contribution in [-0.4, -0.2) is 26.1 Å². The minimum atomic E-state index is -0.420. The molecule has 3 rings (SSSR count). The van der Waals surface area contributed by atoms with E-state index in [1.54, 1.807) is 49.8 Å². The van der Waals surface area contributed by atoms with Crippen molar-refractivity contribution in [3.8, 4) is 5.75 Å². The highest BCUT2D eigenvalue weighted by Gasteiger charge is 2.12. The molecule has 1 amide bonds. The van der Waals surface area contributed by atoms with Crippen LogP contribution in [0.5, 0.6) is 5.75 Å². The molecule has 1 aromatic heterocycles. The highest BCUT2D eigenvalue weighted by atomic mass is 16.5. The molecule has 6 heteroatoms. The van der Waals surface area contributed by atoms with Gasteiger partial charge in [0.1, 0.15) is 11.3 Å². The molecule has 0 saturated heterocycles. The van der Waals surface area contributed by atoms with E-state index < -0.39 is 5.97 Å². The first kappa shape index (κ1) is 16.6. The second-order valence-corrected chi connectivity index (χ2v) is 5.42. The zero-order valence-electron chi connectivity index (χ0n) is 13.9. The second-order valence-electron chi connectivity index (χ2n) is 5.42. The highest BCUT2D eigenvalue weighted by molar-refractivity contribution is 5.96. The number of fused-ring (bicyclic) bond motifs is 1. The lowest BCUT2D eigenvalue weighted by molar-refractivity contribution is -0.115. The molecule has 0 radical (unpaired) electrons. The molecule has 3 aromatic rings. The fourth-order valence-electron chi connectivity index (χ4n) is 2.51. The van der Waals surface area contributed by atoms with Crippen molar-refractivity contribution in [3.05, 3.63) is 59.9 Å². The number of carbonyl (C=O) groups is 2. The average Bonchev–Trinajstić information content (AvgIpc) is 3.03. The fourth-order valence-corrected chi connectivity index (χ4v) is 2.51. The summed E-state index contributed by atoms with van der Waals surface area (Å²) >= 11 is 0. The molecule has 0 unspecified atom stereocenters. The number of carbonyl (C=O) groups excluding carboxylic acids is 2. The summed E-state index contributed by atoms with van der Waals surface area (Å²) in [6.07, 6.45) is 1.74. The van der Waals surface area contributed by atoms with Gasteiger partial charge in [0.25, 0.3) is 0 Å². The van der Waals surface area contributed by atoms with Gasteiger partial charge in [-0.15, -0.1) is 0 Å². The zero-order chi connectivity index (χ0) is 17.8. The van der Waals surface area contributed by atoms with Gasteiger partial charge >= 0.3 is 5.97 Å². The summed E-state index contributed by atoms with van der Waals surface area (Å²) in [5.41, 5.74) is 2.50. The fraction of sp³-hybridized carbons (Fsp3) is 0.158. The van der Waals surface area contributed by atoms with Gasteiger partial charge in [-0.2, -0.15) is 0 Å². The van der Waals surface area contributed by atoms with Crippen LogP contribution in [0.3, 0.4) is 0 Å². The van der Waals surface area contributed by atoms with E-state index in [0.717, 1.165) is 10.9 Å². The number of amides is 1. The quantitative estimate of drug-likeness (QED) is 0.721. The Bertz CT molecular complexity index is 911. The Kier molecular flexibility index (Phi) is 4.70. The van der Waals surface area contributed by atoms with Crippen molar-refractivity contribution in [2.45, 2.75) is 6.42 Å².